The number of nitrogens with one attached hydrogen (secondary N) is 2. The van der Waals surface area contributed by atoms with E-state index >= 15 is 0 Å². The Hall–Kier alpha value is -3.50. The van der Waals surface area contributed by atoms with Gasteiger partial charge in [-0.15, -0.1) is 0 Å². The molecular formula is C24H26FN7O2. The first-order valence-electron chi connectivity index (χ1n) is 11.5. The lowest BCUT2D eigenvalue weighted by atomic mass is 10.1. The number of imidazole rings is 1. The van der Waals surface area contributed by atoms with Crippen LogP contribution in [0.1, 0.15) is 16.1 Å². The van der Waals surface area contributed by atoms with Gasteiger partial charge in [0.25, 0.3) is 5.91 Å². The second-order valence-corrected chi connectivity index (χ2v) is 9.03. The van der Waals surface area contributed by atoms with Gasteiger partial charge in [0.2, 0.25) is 0 Å². The molecule has 2 saturated heterocycles. The van der Waals surface area contributed by atoms with Crippen LogP contribution in [0, 0.1) is 18.7 Å². The number of fused-ring (bicyclic) bond motifs is 2. The third-order valence-corrected chi connectivity index (χ3v) is 6.44. The lowest BCUT2D eigenvalue weighted by Crippen LogP contribution is -2.43. The van der Waals surface area contributed by atoms with Crippen LogP contribution in [-0.2, 0) is 11.3 Å². The number of pyridine rings is 1. The molecule has 1 aromatic carbocycles. The van der Waals surface area contributed by atoms with Gasteiger partial charge in [0, 0.05) is 74.4 Å². The lowest BCUT2D eigenvalue weighted by molar-refractivity contribution is -0.0407. The van der Waals surface area contributed by atoms with Crippen molar-refractivity contribution < 1.29 is 13.9 Å². The molecule has 0 spiro atoms. The average molecular weight is 464 g/mol. The maximum atomic E-state index is 14.5. The summed E-state index contributed by atoms with van der Waals surface area (Å²) < 4.78 is 23.3. The van der Waals surface area contributed by atoms with E-state index in [0.29, 0.717) is 28.4 Å². The number of carbonyl (C=O) groups is 1. The molecule has 2 N–H and O–H groups in total. The molecule has 0 aliphatic carbocycles. The number of hydrogen-bond acceptors (Lipinski definition) is 6. The normalized spacial score (nSPS) is 16.8. The van der Waals surface area contributed by atoms with Crippen LogP contribution in [0.25, 0.3) is 16.6 Å². The van der Waals surface area contributed by atoms with E-state index in [2.05, 4.69) is 20.5 Å². The number of hydrogen-bond donors (Lipinski definition) is 2. The predicted octanol–water partition coefficient (Wildman–Crippen LogP) is 2.44. The van der Waals surface area contributed by atoms with E-state index in [1.807, 2.05) is 23.0 Å². The number of aryl methyl sites for hydroxylation is 1. The molecule has 3 aromatic heterocycles. The zero-order valence-electron chi connectivity index (χ0n) is 18.9. The second kappa shape index (κ2) is 8.37. The van der Waals surface area contributed by atoms with Crippen LogP contribution in [0.5, 0.6) is 0 Å². The molecule has 9 nitrogen and oxygen atoms in total. The third-order valence-electron chi connectivity index (χ3n) is 6.44. The fourth-order valence-corrected chi connectivity index (χ4v) is 4.70. The molecule has 2 aliphatic rings. The van der Waals surface area contributed by atoms with E-state index in [1.165, 1.54) is 6.07 Å². The van der Waals surface area contributed by atoms with Crippen molar-refractivity contribution in [3.05, 3.63) is 53.9 Å². The van der Waals surface area contributed by atoms with Gasteiger partial charge in [-0.3, -0.25) is 9.48 Å². The number of rotatable bonds is 5. The van der Waals surface area contributed by atoms with Crippen molar-refractivity contribution in [3.8, 4) is 0 Å². The monoisotopic (exact) mass is 463 g/mol. The maximum absolute atomic E-state index is 14.5. The highest BCUT2D eigenvalue weighted by Gasteiger charge is 2.23. The molecule has 0 unspecified atom stereocenters. The Morgan fingerprint density at radius 3 is 2.82 bits per heavy atom. The summed E-state index contributed by atoms with van der Waals surface area (Å²) >= 11 is 0. The number of piperazine rings is 1. The number of benzene rings is 1. The Balaban J connectivity index is 1.36. The molecule has 34 heavy (non-hydrogen) atoms. The molecule has 6 rings (SSSR count). The highest BCUT2D eigenvalue weighted by Crippen LogP contribution is 2.30. The zero-order valence-corrected chi connectivity index (χ0v) is 18.9. The Labute approximate surface area is 195 Å². The minimum absolute atomic E-state index is 0.233. The summed E-state index contributed by atoms with van der Waals surface area (Å²) in [6, 6.07) is 5.10. The summed E-state index contributed by atoms with van der Waals surface area (Å²) in [4.78, 5) is 19.8. The van der Waals surface area contributed by atoms with Crippen molar-refractivity contribution in [1.29, 1.82) is 0 Å². The number of carbonyl (C=O) groups excluding carboxylic acids is 1. The lowest BCUT2D eigenvalue weighted by Gasteiger charge is -2.30. The molecule has 5 heterocycles. The first kappa shape index (κ1) is 21.1. The van der Waals surface area contributed by atoms with Gasteiger partial charge in [0.1, 0.15) is 5.52 Å². The summed E-state index contributed by atoms with van der Waals surface area (Å²) in [5, 5.41) is 12.0. The van der Waals surface area contributed by atoms with Crippen LogP contribution in [0.4, 0.5) is 15.8 Å². The summed E-state index contributed by atoms with van der Waals surface area (Å²) in [7, 11) is 0. The standard InChI is InChI=1S/C24H26FN7O2/c1-15-9-31-11-17(8-20(25)23(31)27-15)28-24(33)18-2-3-21(30-6-4-26-5-7-30)19-12-32(29-22(18)19)10-16-13-34-14-16/h2-3,8-9,11-12,16,26H,4-7,10,13-14H2,1H3,(H,28,33). The zero-order chi connectivity index (χ0) is 23.2. The van der Waals surface area contributed by atoms with Crippen molar-refractivity contribution in [2.24, 2.45) is 5.92 Å². The highest BCUT2D eigenvalue weighted by atomic mass is 19.1. The highest BCUT2D eigenvalue weighted by molar-refractivity contribution is 6.13. The minimum Gasteiger partial charge on any atom is -0.381 e. The predicted molar refractivity (Wildman–Crippen MR) is 127 cm³/mol. The Bertz CT molecular complexity index is 1390. The van der Waals surface area contributed by atoms with Crippen LogP contribution < -0.4 is 15.5 Å². The third kappa shape index (κ3) is 3.78. The van der Waals surface area contributed by atoms with Gasteiger partial charge < -0.3 is 24.7 Å². The van der Waals surface area contributed by atoms with Crippen molar-refractivity contribution in [2.75, 3.05) is 49.6 Å². The summed E-state index contributed by atoms with van der Waals surface area (Å²) in [6.45, 7) is 7.63. The van der Waals surface area contributed by atoms with E-state index < -0.39 is 5.82 Å². The van der Waals surface area contributed by atoms with Gasteiger partial charge in [-0.2, -0.15) is 5.10 Å². The van der Waals surface area contributed by atoms with Gasteiger partial charge in [-0.1, -0.05) is 0 Å². The molecule has 4 aromatic rings. The van der Waals surface area contributed by atoms with Gasteiger partial charge >= 0.3 is 0 Å². The Morgan fingerprint density at radius 2 is 2.06 bits per heavy atom. The van der Waals surface area contributed by atoms with Crippen molar-refractivity contribution in [3.63, 3.8) is 0 Å². The fraction of sp³-hybridized carbons (Fsp3) is 0.375. The largest absolute Gasteiger partial charge is 0.381 e. The molecular weight excluding hydrogens is 437 g/mol. The number of anilines is 2. The maximum Gasteiger partial charge on any atom is 0.257 e. The summed E-state index contributed by atoms with van der Waals surface area (Å²) in [6.07, 6.45) is 5.42. The number of ether oxygens (including phenoxy) is 1. The smallest absolute Gasteiger partial charge is 0.257 e. The number of amides is 1. The first-order chi connectivity index (χ1) is 16.5. The number of aromatic nitrogens is 4. The van der Waals surface area contributed by atoms with Crippen molar-refractivity contribution in [1.82, 2.24) is 24.5 Å². The fourth-order valence-electron chi connectivity index (χ4n) is 4.70. The number of nitrogens with zero attached hydrogens (tertiary/aromatic N) is 5. The summed E-state index contributed by atoms with van der Waals surface area (Å²) in [5.41, 5.74) is 3.48. The molecule has 2 aliphatic heterocycles. The van der Waals surface area contributed by atoms with E-state index in [-0.39, 0.29) is 11.6 Å². The van der Waals surface area contributed by atoms with Crippen molar-refractivity contribution in [2.45, 2.75) is 13.5 Å². The second-order valence-electron chi connectivity index (χ2n) is 9.03. The van der Waals surface area contributed by atoms with Crippen LogP contribution in [0.15, 0.2) is 36.8 Å². The van der Waals surface area contributed by atoms with Gasteiger partial charge in [-0.25, -0.2) is 9.37 Å². The van der Waals surface area contributed by atoms with E-state index in [0.717, 1.165) is 57.0 Å². The van der Waals surface area contributed by atoms with Gasteiger partial charge in [-0.05, 0) is 19.1 Å². The molecule has 1 amide bonds. The van der Waals surface area contributed by atoms with Crippen molar-refractivity contribution >= 4 is 33.8 Å². The molecule has 0 bridgehead atoms. The van der Waals surface area contributed by atoms with E-state index in [1.54, 1.807) is 23.7 Å². The first-order valence-corrected chi connectivity index (χ1v) is 11.5. The topological polar surface area (TPSA) is 88.7 Å². The SMILES string of the molecule is Cc1cn2cc(NC(=O)c3ccc(N4CCNCC4)c4cn(CC5COC5)nc34)cc(F)c2n1. The molecule has 2 fully saturated rings. The van der Waals surface area contributed by atoms with Gasteiger partial charge in [0.05, 0.1) is 30.2 Å². The molecule has 10 heteroatoms. The quantitative estimate of drug-likeness (QED) is 0.473. The molecule has 0 atom stereocenters. The van der Waals surface area contributed by atoms with Crippen LogP contribution in [0.2, 0.25) is 0 Å². The van der Waals surface area contributed by atoms with Gasteiger partial charge in [0.15, 0.2) is 11.5 Å². The Morgan fingerprint density at radius 1 is 1.24 bits per heavy atom. The molecule has 0 radical (unpaired) electrons. The van der Waals surface area contributed by atoms with Crippen LogP contribution in [0.3, 0.4) is 0 Å². The van der Waals surface area contributed by atoms with Crippen LogP contribution in [-0.4, -0.2) is 64.5 Å². The molecule has 176 valence electrons. The minimum atomic E-state index is -0.489. The van der Waals surface area contributed by atoms with Crippen LogP contribution >= 0.6 is 0 Å². The molecule has 0 saturated carbocycles. The van der Waals surface area contributed by atoms with E-state index in [9.17, 15) is 9.18 Å². The summed E-state index contributed by atoms with van der Waals surface area (Å²) in [5.74, 6) is -0.385. The van der Waals surface area contributed by atoms with E-state index in [4.69, 9.17) is 9.84 Å². The Kier molecular flexibility index (Phi) is 5.19. The number of halogens is 1. The average Bonchev–Trinajstić information content (AvgIpc) is 3.39.